The van der Waals surface area contributed by atoms with Crippen molar-refractivity contribution in [3.63, 3.8) is 0 Å². The summed E-state index contributed by atoms with van der Waals surface area (Å²) in [6.07, 6.45) is 1.60. The molecule has 0 unspecified atom stereocenters. The summed E-state index contributed by atoms with van der Waals surface area (Å²) in [5.41, 5.74) is 0.103. The van der Waals surface area contributed by atoms with Gasteiger partial charge in [0, 0.05) is 37.5 Å². The van der Waals surface area contributed by atoms with Gasteiger partial charge in [0.25, 0.3) is 11.5 Å². The van der Waals surface area contributed by atoms with Gasteiger partial charge >= 0.3 is 5.97 Å². The second kappa shape index (κ2) is 6.34. The number of carboxylic acid groups (broad SMARTS) is 1. The van der Waals surface area contributed by atoms with E-state index in [1.54, 1.807) is 17.2 Å². The van der Waals surface area contributed by atoms with E-state index in [2.05, 4.69) is 0 Å². The highest BCUT2D eigenvalue weighted by Gasteiger charge is 2.41. The Morgan fingerprint density at radius 2 is 2.05 bits per heavy atom. The molecule has 1 N–H and O–H groups in total. The van der Waals surface area contributed by atoms with Gasteiger partial charge < -0.3 is 14.6 Å². The van der Waals surface area contributed by atoms with Gasteiger partial charge in [-0.15, -0.1) is 0 Å². The number of carbonyl (C=O) groups is 2. The van der Waals surface area contributed by atoms with Gasteiger partial charge in [0.15, 0.2) is 0 Å². The van der Waals surface area contributed by atoms with Crippen molar-refractivity contribution in [2.75, 3.05) is 13.1 Å². The highest BCUT2D eigenvalue weighted by Crippen LogP contribution is 2.30. The van der Waals surface area contributed by atoms with E-state index >= 15 is 0 Å². The van der Waals surface area contributed by atoms with Crippen molar-refractivity contribution < 1.29 is 14.7 Å². The number of hydrogen-bond acceptors (Lipinski definition) is 3. The molecule has 1 aromatic heterocycles. The molecule has 0 radical (unpaired) electrons. The molecule has 1 saturated heterocycles. The molecule has 2 rings (SSSR count). The minimum atomic E-state index is -0.865. The second-order valence-electron chi connectivity index (χ2n) is 6.10. The van der Waals surface area contributed by atoms with Crippen molar-refractivity contribution in [3.05, 3.63) is 34.2 Å². The van der Waals surface area contributed by atoms with Crippen LogP contribution in [0.4, 0.5) is 0 Å². The van der Waals surface area contributed by atoms with Gasteiger partial charge in [-0.1, -0.05) is 13.8 Å². The van der Waals surface area contributed by atoms with Crippen molar-refractivity contribution in [2.24, 2.45) is 17.8 Å². The Labute approximate surface area is 129 Å². The third kappa shape index (κ3) is 3.05. The summed E-state index contributed by atoms with van der Waals surface area (Å²) in [5.74, 6) is -1.55. The lowest BCUT2D eigenvalue weighted by Gasteiger charge is -2.18. The summed E-state index contributed by atoms with van der Waals surface area (Å²) < 4.78 is 1.51. The van der Waals surface area contributed by atoms with Crippen LogP contribution in [0, 0.1) is 17.8 Å². The Morgan fingerprint density at radius 3 is 2.50 bits per heavy atom. The fraction of sp³-hybridized carbons (Fsp3) is 0.562. The number of pyridine rings is 1. The minimum absolute atomic E-state index is 0.0579. The number of aryl methyl sites for hydroxylation is 1. The van der Waals surface area contributed by atoms with Gasteiger partial charge in [0.2, 0.25) is 0 Å². The number of aliphatic carboxylic acids is 1. The Balaban J connectivity index is 2.22. The minimum Gasteiger partial charge on any atom is -0.481 e. The van der Waals surface area contributed by atoms with Crippen LogP contribution in [0.3, 0.4) is 0 Å². The average molecular weight is 306 g/mol. The average Bonchev–Trinajstić information content (AvgIpc) is 2.92. The van der Waals surface area contributed by atoms with Crippen LogP contribution >= 0.6 is 0 Å². The Kier molecular flexibility index (Phi) is 4.68. The zero-order valence-electron chi connectivity index (χ0n) is 13.2. The molecule has 1 amide bonds. The number of aromatic nitrogens is 1. The van der Waals surface area contributed by atoms with Gasteiger partial charge in [-0.3, -0.25) is 14.4 Å². The van der Waals surface area contributed by atoms with Crippen molar-refractivity contribution >= 4 is 11.9 Å². The number of nitrogens with zero attached hydrogens (tertiary/aromatic N) is 2. The Bertz CT molecular complexity index is 635. The fourth-order valence-corrected chi connectivity index (χ4v) is 3.02. The molecule has 0 saturated carbocycles. The Hall–Kier alpha value is -2.11. The number of likely N-dealkylation sites (tertiary alicyclic amines) is 1. The van der Waals surface area contributed by atoms with E-state index in [9.17, 15) is 19.5 Å². The number of amides is 1. The van der Waals surface area contributed by atoms with Gasteiger partial charge in [-0.25, -0.2) is 0 Å². The molecule has 0 aromatic carbocycles. The molecule has 2 heterocycles. The van der Waals surface area contributed by atoms with Crippen LogP contribution in [0.2, 0.25) is 0 Å². The lowest BCUT2D eigenvalue weighted by molar-refractivity contribution is -0.142. The highest BCUT2D eigenvalue weighted by atomic mass is 16.4. The van der Waals surface area contributed by atoms with Crippen molar-refractivity contribution in [2.45, 2.75) is 27.3 Å². The molecule has 2 atom stereocenters. The molecule has 1 aliphatic heterocycles. The molecule has 22 heavy (non-hydrogen) atoms. The lowest BCUT2D eigenvalue weighted by Crippen LogP contribution is -2.31. The monoisotopic (exact) mass is 306 g/mol. The van der Waals surface area contributed by atoms with Crippen molar-refractivity contribution in [1.82, 2.24) is 9.47 Å². The van der Waals surface area contributed by atoms with E-state index in [0.717, 1.165) is 0 Å². The van der Waals surface area contributed by atoms with Crippen LogP contribution in [0.1, 0.15) is 31.1 Å². The van der Waals surface area contributed by atoms with Gasteiger partial charge in [-0.2, -0.15) is 0 Å². The maximum atomic E-state index is 12.5. The van der Waals surface area contributed by atoms with Crippen molar-refractivity contribution in [3.8, 4) is 0 Å². The van der Waals surface area contributed by atoms with E-state index in [1.807, 2.05) is 20.8 Å². The summed E-state index contributed by atoms with van der Waals surface area (Å²) >= 11 is 0. The first-order valence-corrected chi connectivity index (χ1v) is 7.57. The topological polar surface area (TPSA) is 79.6 Å². The summed E-state index contributed by atoms with van der Waals surface area (Å²) in [6.45, 7) is 6.97. The molecule has 0 bridgehead atoms. The third-order valence-electron chi connectivity index (χ3n) is 4.41. The first kappa shape index (κ1) is 16.3. The normalized spacial score (nSPS) is 21.4. The first-order chi connectivity index (χ1) is 10.3. The van der Waals surface area contributed by atoms with Gasteiger partial charge in [-0.05, 0) is 24.8 Å². The summed E-state index contributed by atoms with van der Waals surface area (Å²) in [6, 6.07) is 2.94. The highest BCUT2D eigenvalue weighted by molar-refractivity contribution is 5.94. The number of rotatable bonds is 4. The first-order valence-electron chi connectivity index (χ1n) is 7.57. The molecular weight excluding hydrogens is 284 g/mol. The second-order valence-corrected chi connectivity index (χ2v) is 6.10. The summed E-state index contributed by atoms with van der Waals surface area (Å²) in [4.78, 5) is 37.3. The summed E-state index contributed by atoms with van der Waals surface area (Å²) in [7, 11) is 0. The molecule has 1 fully saturated rings. The van der Waals surface area contributed by atoms with Crippen molar-refractivity contribution in [1.29, 1.82) is 0 Å². The maximum Gasteiger partial charge on any atom is 0.308 e. The molecule has 1 aliphatic rings. The van der Waals surface area contributed by atoms with Crippen LogP contribution in [0.5, 0.6) is 0 Å². The number of hydrogen-bond donors (Lipinski definition) is 1. The van der Waals surface area contributed by atoms with Crippen LogP contribution in [-0.2, 0) is 11.3 Å². The predicted octanol–water partition coefficient (Wildman–Crippen LogP) is 1.30. The van der Waals surface area contributed by atoms with Gasteiger partial charge in [0.1, 0.15) is 0 Å². The summed E-state index contributed by atoms with van der Waals surface area (Å²) in [5, 5.41) is 9.32. The molecule has 0 spiro atoms. The smallest absolute Gasteiger partial charge is 0.308 e. The van der Waals surface area contributed by atoms with E-state index in [1.165, 1.54) is 10.6 Å². The number of carboxylic acids is 1. The lowest BCUT2D eigenvalue weighted by atomic mass is 9.86. The zero-order valence-corrected chi connectivity index (χ0v) is 13.2. The van der Waals surface area contributed by atoms with E-state index < -0.39 is 11.9 Å². The fourth-order valence-electron chi connectivity index (χ4n) is 3.02. The SMILES string of the molecule is CCn1ccc(C(=O)N2C[C@@H](C(=O)O)[C@H](C(C)C)C2)cc1=O. The maximum absolute atomic E-state index is 12.5. The molecule has 1 aromatic rings. The third-order valence-corrected chi connectivity index (χ3v) is 4.41. The quantitative estimate of drug-likeness (QED) is 0.909. The van der Waals surface area contributed by atoms with E-state index in [-0.39, 0.29) is 29.8 Å². The molecule has 6 heteroatoms. The van der Waals surface area contributed by atoms with E-state index in [0.29, 0.717) is 18.7 Å². The van der Waals surface area contributed by atoms with E-state index in [4.69, 9.17) is 0 Å². The van der Waals surface area contributed by atoms with Crippen LogP contribution in [0.25, 0.3) is 0 Å². The standard InChI is InChI=1S/C16H22N2O4/c1-4-17-6-5-11(7-14(17)19)15(20)18-8-12(10(2)3)13(9-18)16(21)22/h5-7,10,12-13H,4,8-9H2,1-3H3,(H,21,22)/t12-,13+/m0/s1. The Morgan fingerprint density at radius 1 is 1.36 bits per heavy atom. The van der Waals surface area contributed by atoms with Crippen LogP contribution < -0.4 is 5.56 Å². The molecule has 120 valence electrons. The number of carbonyl (C=O) groups excluding carboxylic acids is 1. The molecule has 0 aliphatic carbocycles. The zero-order chi connectivity index (χ0) is 16.4. The largest absolute Gasteiger partial charge is 0.481 e. The van der Waals surface area contributed by atoms with Gasteiger partial charge in [0.05, 0.1) is 5.92 Å². The van der Waals surface area contributed by atoms with Crippen LogP contribution in [0.15, 0.2) is 23.1 Å². The van der Waals surface area contributed by atoms with Crippen LogP contribution in [-0.4, -0.2) is 39.5 Å². The molecule has 6 nitrogen and oxygen atoms in total. The molecular formula is C16H22N2O4. The predicted molar refractivity (Wildman–Crippen MR) is 81.7 cm³/mol.